The fourth-order valence-corrected chi connectivity index (χ4v) is 3.03. The van der Waals surface area contributed by atoms with Gasteiger partial charge in [-0.05, 0) is 36.8 Å². The number of carbonyl (C=O) groups is 1. The lowest BCUT2D eigenvalue weighted by Gasteiger charge is -2.25. The van der Waals surface area contributed by atoms with Gasteiger partial charge in [0.2, 0.25) is 0 Å². The van der Waals surface area contributed by atoms with Crippen LogP contribution in [0.3, 0.4) is 0 Å². The lowest BCUT2D eigenvalue weighted by Crippen LogP contribution is -2.36. The fraction of sp³-hybridized carbons (Fsp3) is 0.250. The molecule has 2 aromatic carbocycles. The monoisotopic (exact) mass is 340 g/mol. The number of aromatic nitrogens is 1. The molecule has 1 heterocycles. The van der Waals surface area contributed by atoms with Gasteiger partial charge < -0.3 is 10.3 Å². The van der Waals surface area contributed by atoms with Crippen LogP contribution >= 0.6 is 11.6 Å². The number of amides is 1. The standard InChI is InChI=1S/C20H21ClN2O/c1-13-4-6-14(7-5-13)19(24)23-12-20(2,3)17-11-22-18-10-15(21)8-9-16(17)18/h4-11,22H,12H2,1-3H3,(H,23,24). The topological polar surface area (TPSA) is 44.9 Å². The van der Waals surface area contributed by atoms with Gasteiger partial charge in [0.15, 0.2) is 0 Å². The summed E-state index contributed by atoms with van der Waals surface area (Å²) in [7, 11) is 0. The average Bonchev–Trinajstić information content (AvgIpc) is 2.97. The third kappa shape index (κ3) is 3.31. The molecule has 3 nitrogen and oxygen atoms in total. The molecule has 0 aliphatic rings. The van der Waals surface area contributed by atoms with Gasteiger partial charge in [0.05, 0.1) is 0 Å². The number of hydrogen-bond donors (Lipinski definition) is 2. The summed E-state index contributed by atoms with van der Waals surface area (Å²) < 4.78 is 0. The second-order valence-electron chi connectivity index (χ2n) is 6.82. The van der Waals surface area contributed by atoms with E-state index in [4.69, 9.17) is 11.6 Å². The molecule has 0 aliphatic carbocycles. The summed E-state index contributed by atoms with van der Waals surface area (Å²) in [4.78, 5) is 15.6. The molecule has 0 spiro atoms. The van der Waals surface area contributed by atoms with Crippen molar-refractivity contribution in [3.05, 3.63) is 70.4 Å². The Morgan fingerprint density at radius 1 is 1.17 bits per heavy atom. The van der Waals surface area contributed by atoms with Crippen molar-refractivity contribution in [3.8, 4) is 0 Å². The van der Waals surface area contributed by atoms with Gasteiger partial charge in [0, 0.05) is 39.6 Å². The third-order valence-corrected chi connectivity index (χ3v) is 4.61. The number of fused-ring (bicyclic) bond motifs is 1. The van der Waals surface area contributed by atoms with E-state index < -0.39 is 0 Å². The van der Waals surface area contributed by atoms with Gasteiger partial charge in [-0.3, -0.25) is 4.79 Å². The van der Waals surface area contributed by atoms with Gasteiger partial charge in [-0.1, -0.05) is 49.2 Å². The smallest absolute Gasteiger partial charge is 0.251 e. The van der Waals surface area contributed by atoms with Crippen LogP contribution in [-0.2, 0) is 5.41 Å². The summed E-state index contributed by atoms with van der Waals surface area (Å²) >= 11 is 6.05. The summed E-state index contributed by atoms with van der Waals surface area (Å²) in [5.74, 6) is -0.0500. The molecule has 3 rings (SSSR count). The first-order chi connectivity index (χ1) is 11.4. The number of aromatic amines is 1. The van der Waals surface area contributed by atoms with E-state index in [-0.39, 0.29) is 11.3 Å². The molecule has 2 N–H and O–H groups in total. The SMILES string of the molecule is Cc1ccc(C(=O)NCC(C)(C)c2c[nH]c3cc(Cl)ccc23)cc1. The van der Waals surface area contributed by atoms with Crippen LogP contribution in [0.2, 0.25) is 5.02 Å². The van der Waals surface area contributed by atoms with Crippen LogP contribution in [-0.4, -0.2) is 17.4 Å². The Morgan fingerprint density at radius 3 is 2.58 bits per heavy atom. The molecule has 24 heavy (non-hydrogen) atoms. The minimum atomic E-state index is -0.202. The van der Waals surface area contributed by atoms with Gasteiger partial charge in [0.25, 0.3) is 5.91 Å². The highest BCUT2D eigenvalue weighted by Gasteiger charge is 2.25. The molecule has 0 atom stereocenters. The highest BCUT2D eigenvalue weighted by Crippen LogP contribution is 2.31. The molecule has 0 saturated heterocycles. The summed E-state index contributed by atoms with van der Waals surface area (Å²) in [5, 5.41) is 4.89. The highest BCUT2D eigenvalue weighted by molar-refractivity contribution is 6.31. The van der Waals surface area contributed by atoms with E-state index in [2.05, 4.69) is 24.1 Å². The van der Waals surface area contributed by atoms with Crippen molar-refractivity contribution in [1.82, 2.24) is 10.3 Å². The highest BCUT2D eigenvalue weighted by atomic mass is 35.5. The lowest BCUT2D eigenvalue weighted by atomic mass is 9.84. The van der Waals surface area contributed by atoms with Crippen molar-refractivity contribution in [2.24, 2.45) is 0 Å². The Morgan fingerprint density at radius 2 is 1.88 bits per heavy atom. The van der Waals surface area contributed by atoms with Crippen molar-refractivity contribution in [2.75, 3.05) is 6.54 Å². The predicted octanol–water partition coefficient (Wildman–Crippen LogP) is 4.84. The molecule has 1 amide bonds. The first-order valence-electron chi connectivity index (χ1n) is 7.99. The van der Waals surface area contributed by atoms with Crippen LogP contribution in [0, 0.1) is 6.92 Å². The van der Waals surface area contributed by atoms with Gasteiger partial charge >= 0.3 is 0 Å². The first-order valence-corrected chi connectivity index (χ1v) is 8.36. The van der Waals surface area contributed by atoms with Crippen molar-refractivity contribution in [3.63, 3.8) is 0 Å². The molecular formula is C20H21ClN2O. The van der Waals surface area contributed by atoms with Gasteiger partial charge in [-0.2, -0.15) is 0 Å². The molecule has 1 aromatic heterocycles. The zero-order valence-corrected chi connectivity index (χ0v) is 14.9. The normalized spacial score (nSPS) is 11.7. The molecule has 0 aliphatic heterocycles. The maximum Gasteiger partial charge on any atom is 0.251 e. The molecular weight excluding hydrogens is 320 g/mol. The molecule has 3 aromatic rings. The molecule has 0 radical (unpaired) electrons. The average molecular weight is 341 g/mol. The van der Waals surface area contributed by atoms with Crippen LogP contribution in [0.5, 0.6) is 0 Å². The number of nitrogens with one attached hydrogen (secondary N) is 2. The number of hydrogen-bond acceptors (Lipinski definition) is 1. The molecule has 124 valence electrons. The number of H-pyrrole nitrogens is 1. The summed E-state index contributed by atoms with van der Waals surface area (Å²) in [6, 6.07) is 13.4. The molecule has 0 bridgehead atoms. The van der Waals surface area contributed by atoms with Crippen LogP contribution in [0.1, 0.15) is 35.3 Å². The Labute approximate surface area is 147 Å². The molecule has 4 heteroatoms. The van der Waals surface area contributed by atoms with Crippen LogP contribution in [0.4, 0.5) is 0 Å². The largest absolute Gasteiger partial charge is 0.361 e. The molecule has 0 fully saturated rings. The summed E-state index contributed by atoms with van der Waals surface area (Å²) in [5.41, 5.74) is 3.80. The number of benzene rings is 2. The lowest BCUT2D eigenvalue weighted by molar-refractivity contribution is 0.0946. The minimum absolute atomic E-state index is 0.0500. The Balaban J connectivity index is 1.77. The number of aryl methyl sites for hydroxylation is 1. The maximum atomic E-state index is 12.3. The maximum absolute atomic E-state index is 12.3. The van der Waals surface area contributed by atoms with Crippen LogP contribution < -0.4 is 5.32 Å². The van der Waals surface area contributed by atoms with Crippen LogP contribution in [0.25, 0.3) is 10.9 Å². The van der Waals surface area contributed by atoms with Crippen molar-refractivity contribution in [1.29, 1.82) is 0 Å². The summed E-state index contributed by atoms with van der Waals surface area (Å²) in [6.45, 7) is 6.81. The zero-order valence-electron chi connectivity index (χ0n) is 14.1. The summed E-state index contributed by atoms with van der Waals surface area (Å²) in [6.07, 6.45) is 2.00. The van der Waals surface area contributed by atoms with E-state index in [1.54, 1.807) is 0 Å². The van der Waals surface area contributed by atoms with Crippen LogP contribution in [0.15, 0.2) is 48.7 Å². The van der Waals surface area contributed by atoms with E-state index in [1.807, 2.05) is 55.6 Å². The van der Waals surface area contributed by atoms with Gasteiger partial charge in [-0.15, -0.1) is 0 Å². The van der Waals surface area contributed by atoms with Gasteiger partial charge in [-0.25, -0.2) is 0 Å². The second-order valence-corrected chi connectivity index (χ2v) is 7.26. The fourth-order valence-electron chi connectivity index (χ4n) is 2.86. The van der Waals surface area contributed by atoms with E-state index in [9.17, 15) is 4.79 Å². The van der Waals surface area contributed by atoms with E-state index >= 15 is 0 Å². The van der Waals surface area contributed by atoms with Crippen molar-refractivity contribution >= 4 is 28.4 Å². The molecule has 0 saturated carbocycles. The van der Waals surface area contributed by atoms with Gasteiger partial charge in [0.1, 0.15) is 0 Å². The van der Waals surface area contributed by atoms with E-state index in [0.29, 0.717) is 17.1 Å². The minimum Gasteiger partial charge on any atom is -0.361 e. The Hall–Kier alpha value is -2.26. The number of carbonyl (C=O) groups excluding carboxylic acids is 1. The van der Waals surface area contributed by atoms with E-state index in [1.165, 1.54) is 5.56 Å². The zero-order chi connectivity index (χ0) is 17.3. The Bertz CT molecular complexity index is 878. The molecule has 0 unspecified atom stereocenters. The second kappa shape index (κ2) is 6.33. The quantitative estimate of drug-likeness (QED) is 0.701. The number of halogens is 1. The van der Waals surface area contributed by atoms with Crippen molar-refractivity contribution in [2.45, 2.75) is 26.2 Å². The van der Waals surface area contributed by atoms with Crippen molar-refractivity contribution < 1.29 is 4.79 Å². The number of rotatable bonds is 4. The Kier molecular flexibility index (Phi) is 4.37. The predicted molar refractivity (Wildman–Crippen MR) is 99.8 cm³/mol. The first kappa shape index (κ1) is 16.6. The third-order valence-electron chi connectivity index (χ3n) is 4.38. The van der Waals surface area contributed by atoms with E-state index in [0.717, 1.165) is 16.5 Å².